The molecule has 1 aliphatic rings. The summed E-state index contributed by atoms with van der Waals surface area (Å²) < 4.78 is 16.7. The second kappa shape index (κ2) is 4.58. The smallest absolute Gasteiger partial charge is 0.380 e. The minimum atomic E-state index is -2.64. The molecule has 2 rings (SSSR count). The van der Waals surface area contributed by atoms with Crippen LogP contribution in [0.4, 0.5) is 5.69 Å². The highest BCUT2D eigenvalue weighted by atomic mass is 32.5. The Morgan fingerprint density at radius 2 is 1.76 bits per heavy atom. The summed E-state index contributed by atoms with van der Waals surface area (Å²) in [7, 11) is 0. The van der Waals surface area contributed by atoms with Crippen molar-refractivity contribution in [2.75, 3.05) is 18.9 Å². The van der Waals surface area contributed by atoms with Gasteiger partial charge in [-0.2, -0.15) is 0 Å². The van der Waals surface area contributed by atoms with Crippen molar-refractivity contribution < 1.29 is 13.6 Å². The summed E-state index contributed by atoms with van der Waals surface area (Å²) in [5.41, 5.74) is 6.27. The Bertz CT molecular complexity index is 433. The topological polar surface area (TPSA) is 53.7 Å². The Morgan fingerprint density at radius 1 is 1.24 bits per heavy atom. The number of hydrogen-bond donors (Lipinski definition) is 1. The molecule has 0 aliphatic carbocycles. The van der Waals surface area contributed by atoms with Gasteiger partial charge in [0, 0.05) is 22.9 Å². The quantitative estimate of drug-likeness (QED) is 0.663. The van der Waals surface area contributed by atoms with E-state index in [0.29, 0.717) is 24.7 Å². The number of hydrogen-bond acceptors (Lipinski definition) is 5. The molecular weight excluding hydrogens is 257 g/mol. The molecule has 1 fully saturated rings. The fourth-order valence-electron chi connectivity index (χ4n) is 1.30. The summed E-state index contributed by atoms with van der Waals surface area (Å²) in [5.74, 6) is 0.627. The molecule has 1 aromatic carbocycles. The lowest BCUT2D eigenvalue weighted by Crippen LogP contribution is -2.30. The van der Waals surface area contributed by atoms with Gasteiger partial charge in [-0.1, -0.05) is 13.8 Å². The predicted octanol–water partition coefficient (Wildman–Crippen LogP) is 2.95. The first-order valence-electron chi connectivity index (χ1n) is 5.33. The maximum absolute atomic E-state index is 5.62. The Balaban J connectivity index is 2.04. The molecule has 0 aromatic heterocycles. The average molecular weight is 273 g/mol. The molecule has 0 unspecified atom stereocenters. The van der Waals surface area contributed by atoms with Crippen LogP contribution in [0.15, 0.2) is 24.3 Å². The van der Waals surface area contributed by atoms with Crippen LogP contribution in [0.1, 0.15) is 13.8 Å². The lowest BCUT2D eigenvalue weighted by molar-refractivity contribution is 0.0407. The molecule has 94 valence electrons. The monoisotopic (exact) mass is 273 g/mol. The fourth-order valence-corrected chi connectivity index (χ4v) is 3.45. The molecule has 0 saturated carbocycles. The molecule has 2 N–H and O–H groups in total. The molecule has 4 nitrogen and oxygen atoms in total. The van der Waals surface area contributed by atoms with E-state index in [1.165, 1.54) is 0 Å². The zero-order valence-electron chi connectivity index (χ0n) is 9.88. The van der Waals surface area contributed by atoms with Gasteiger partial charge in [-0.15, -0.1) is 0 Å². The van der Waals surface area contributed by atoms with Crippen molar-refractivity contribution in [2.24, 2.45) is 5.41 Å². The Kier molecular flexibility index (Phi) is 3.46. The van der Waals surface area contributed by atoms with Gasteiger partial charge in [-0.3, -0.25) is 9.05 Å². The lowest BCUT2D eigenvalue weighted by atomic mass is 9.97. The number of anilines is 1. The van der Waals surface area contributed by atoms with E-state index in [0.717, 1.165) is 0 Å². The van der Waals surface area contributed by atoms with Crippen LogP contribution in [0.5, 0.6) is 5.75 Å². The van der Waals surface area contributed by atoms with Gasteiger partial charge in [0.2, 0.25) is 0 Å². The zero-order valence-corrected chi connectivity index (χ0v) is 11.6. The third-order valence-electron chi connectivity index (χ3n) is 2.32. The van der Waals surface area contributed by atoms with Crippen LogP contribution in [0.2, 0.25) is 0 Å². The van der Waals surface area contributed by atoms with Gasteiger partial charge in [0.25, 0.3) is 0 Å². The van der Waals surface area contributed by atoms with Crippen LogP contribution in [-0.4, -0.2) is 13.2 Å². The lowest BCUT2D eigenvalue weighted by Gasteiger charge is -2.35. The Hall–Kier alpha value is -0.610. The van der Waals surface area contributed by atoms with Gasteiger partial charge in [-0.25, -0.2) is 0 Å². The van der Waals surface area contributed by atoms with E-state index in [1.807, 2.05) is 0 Å². The first-order chi connectivity index (χ1) is 7.89. The Morgan fingerprint density at radius 3 is 2.29 bits per heavy atom. The second-order valence-corrected chi connectivity index (χ2v) is 7.75. The molecule has 1 heterocycles. The number of nitrogen functional groups attached to an aromatic ring is 1. The van der Waals surface area contributed by atoms with Crippen LogP contribution in [-0.2, 0) is 20.9 Å². The SMILES string of the molecule is CC1(C)COP(=S)(Oc2ccc(N)cc2)OC1. The van der Waals surface area contributed by atoms with Gasteiger partial charge in [0.15, 0.2) is 0 Å². The third kappa shape index (κ3) is 3.42. The maximum atomic E-state index is 5.62. The molecule has 1 aromatic rings. The van der Waals surface area contributed by atoms with Crippen molar-refractivity contribution in [2.45, 2.75) is 13.8 Å². The molecule has 6 heteroatoms. The van der Waals surface area contributed by atoms with Gasteiger partial charge in [0.1, 0.15) is 5.75 Å². The predicted molar refractivity (Wildman–Crippen MR) is 71.5 cm³/mol. The highest BCUT2D eigenvalue weighted by Gasteiger charge is 2.35. The van der Waals surface area contributed by atoms with E-state index in [-0.39, 0.29) is 5.41 Å². The first kappa shape index (κ1) is 12.8. The van der Waals surface area contributed by atoms with Crippen molar-refractivity contribution in [3.8, 4) is 5.75 Å². The van der Waals surface area contributed by atoms with Gasteiger partial charge < -0.3 is 10.3 Å². The molecule has 0 amide bonds. The molecule has 0 atom stereocenters. The van der Waals surface area contributed by atoms with E-state index >= 15 is 0 Å². The number of nitrogens with two attached hydrogens (primary N) is 1. The third-order valence-corrected chi connectivity index (χ3v) is 4.51. The Labute approximate surface area is 106 Å². The zero-order chi connectivity index (χ0) is 12.5. The van der Waals surface area contributed by atoms with E-state index in [2.05, 4.69) is 13.8 Å². The van der Waals surface area contributed by atoms with Crippen molar-refractivity contribution >= 4 is 24.2 Å². The van der Waals surface area contributed by atoms with Crippen LogP contribution >= 0.6 is 6.72 Å². The normalized spacial score (nSPS) is 22.0. The second-order valence-electron chi connectivity index (χ2n) is 4.82. The van der Waals surface area contributed by atoms with Gasteiger partial charge in [0.05, 0.1) is 13.2 Å². The van der Waals surface area contributed by atoms with E-state index in [4.69, 9.17) is 31.1 Å². The number of rotatable bonds is 2. The van der Waals surface area contributed by atoms with E-state index < -0.39 is 6.72 Å². The fraction of sp³-hybridized carbons (Fsp3) is 0.455. The highest BCUT2D eigenvalue weighted by Crippen LogP contribution is 2.54. The van der Waals surface area contributed by atoms with Crippen LogP contribution < -0.4 is 10.3 Å². The maximum Gasteiger partial charge on any atom is 0.380 e. The van der Waals surface area contributed by atoms with Crippen molar-refractivity contribution in [3.05, 3.63) is 24.3 Å². The van der Waals surface area contributed by atoms with Gasteiger partial charge in [-0.05, 0) is 24.3 Å². The minimum absolute atomic E-state index is 0.00716. The molecular formula is C11H16NO3PS. The van der Waals surface area contributed by atoms with Crippen molar-refractivity contribution in [1.29, 1.82) is 0 Å². The number of benzene rings is 1. The largest absolute Gasteiger partial charge is 0.424 e. The van der Waals surface area contributed by atoms with Crippen LogP contribution in [0.3, 0.4) is 0 Å². The standard InChI is InChI=1S/C11H16NO3PS/c1-11(2)7-13-16(17,14-8-11)15-10-5-3-9(12)4-6-10/h3-6H,7-8,12H2,1-2H3. The molecule has 1 aliphatic heterocycles. The molecule has 0 radical (unpaired) electrons. The van der Waals surface area contributed by atoms with Crippen molar-refractivity contribution in [3.63, 3.8) is 0 Å². The summed E-state index contributed by atoms with van der Waals surface area (Å²) in [4.78, 5) is 0. The first-order valence-corrected chi connectivity index (χ1v) is 7.88. The molecule has 17 heavy (non-hydrogen) atoms. The highest BCUT2D eigenvalue weighted by molar-refractivity contribution is 8.07. The van der Waals surface area contributed by atoms with Crippen LogP contribution in [0.25, 0.3) is 0 Å². The minimum Gasteiger partial charge on any atom is -0.424 e. The molecule has 1 saturated heterocycles. The van der Waals surface area contributed by atoms with Gasteiger partial charge >= 0.3 is 6.72 Å². The molecule has 0 spiro atoms. The summed E-state index contributed by atoms with van der Waals surface area (Å²) in [6.45, 7) is 2.60. The summed E-state index contributed by atoms with van der Waals surface area (Å²) in [6, 6.07) is 7.03. The summed E-state index contributed by atoms with van der Waals surface area (Å²) >= 11 is 5.28. The summed E-state index contributed by atoms with van der Waals surface area (Å²) in [5, 5.41) is 0. The summed E-state index contributed by atoms with van der Waals surface area (Å²) in [6.07, 6.45) is 0. The molecule has 0 bridgehead atoms. The average Bonchev–Trinajstić information content (AvgIpc) is 2.27. The van der Waals surface area contributed by atoms with E-state index in [9.17, 15) is 0 Å². The van der Waals surface area contributed by atoms with Crippen molar-refractivity contribution in [1.82, 2.24) is 0 Å². The van der Waals surface area contributed by atoms with E-state index in [1.54, 1.807) is 24.3 Å². The van der Waals surface area contributed by atoms with Crippen LogP contribution in [0, 0.1) is 5.41 Å².